The highest BCUT2D eigenvalue weighted by Crippen LogP contribution is 2.23. The Kier molecular flexibility index (Phi) is 3.75. The fourth-order valence-electron chi connectivity index (χ4n) is 2.01. The van der Waals surface area contributed by atoms with E-state index in [4.69, 9.17) is 0 Å². The number of benzene rings is 2. The number of carbonyl (C=O) groups is 1. The Morgan fingerprint density at radius 3 is 2.64 bits per heavy atom. The van der Waals surface area contributed by atoms with Gasteiger partial charge in [0.05, 0.1) is 10.4 Å². The van der Waals surface area contributed by atoms with Crippen LogP contribution in [0.25, 0.3) is 10.9 Å². The fourth-order valence-corrected chi connectivity index (χ4v) is 2.37. The molecule has 0 radical (unpaired) electrons. The number of halogens is 1. The average Bonchev–Trinajstić information content (AvgIpc) is 2.92. The van der Waals surface area contributed by atoms with E-state index in [0.717, 1.165) is 3.57 Å². The minimum absolute atomic E-state index is 0.0859. The number of nitrogens with one attached hydrogen (secondary N) is 2. The summed E-state index contributed by atoms with van der Waals surface area (Å²) in [6.45, 7) is 0. The minimum Gasteiger partial charge on any atom is -0.321 e. The average molecular weight is 408 g/mol. The van der Waals surface area contributed by atoms with Crippen molar-refractivity contribution in [2.24, 2.45) is 0 Å². The van der Waals surface area contributed by atoms with E-state index in [-0.39, 0.29) is 11.4 Å². The summed E-state index contributed by atoms with van der Waals surface area (Å²) in [5, 5.41) is 20.6. The summed E-state index contributed by atoms with van der Waals surface area (Å²) >= 11 is 2.17. The molecule has 0 atom stereocenters. The molecule has 7 nitrogen and oxygen atoms in total. The maximum absolute atomic E-state index is 12.3. The van der Waals surface area contributed by atoms with Crippen LogP contribution in [-0.2, 0) is 0 Å². The van der Waals surface area contributed by atoms with Crippen LogP contribution < -0.4 is 5.32 Å². The van der Waals surface area contributed by atoms with E-state index >= 15 is 0 Å². The van der Waals surface area contributed by atoms with Crippen LogP contribution in [-0.4, -0.2) is 21.0 Å². The van der Waals surface area contributed by atoms with Gasteiger partial charge in [0.15, 0.2) is 5.69 Å². The van der Waals surface area contributed by atoms with Crippen molar-refractivity contribution >= 4 is 50.8 Å². The molecule has 0 fully saturated rings. The molecule has 0 aliphatic rings. The number of nitrogens with zero attached hydrogens (tertiary/aromatic N) is 2. The first-order chi connectivity index (χ1) is 10.5. The highest BCUT2D eigenvalue weighted by molar-refractivity contribution is 14.1. The lowest BCUT2D eigenvalue weighted by molar-refractivity contribution is -0.384. The van der Waals surface area contributed by atoms with E-state index in [9.17, 15) is 14.9 Å². The fraction of sp³-hybridized carbons (Fsp3) is 0. The molecule has 2 N–H and O–H groups in total. The quantitative estimate of drug-likeness (QED) is 0.395. The van der Waals surface area contributed by atoms with Gasteiger partial charge in [-0.15, -0.1) is 0 Å². The highest BCUT2D eigenvalue weighted by atomic mass is 127. The molecule has 0 unspecified atom stereocenters. The van der Waals surface area contributed by atoms with Gasteiger partial charge in [0.1, 0.15) is 0 Å². The van der Waals surface area contributed by atoms with Gasteiger partial charge in [-0.1, -0.05) is 0 Å². The van der Waals surface area contributed by atoms with Crippen molar-refractivity contribution in [2.45, 2.75) is 0 Å². The molecule has 0 spiro atoms. The molecule has 8 heteroatoms. The number of H-pyrrole nitrogens is 1. The van der Waals surface area contributed by atoms with E-state index in [1.54, 1.807) is 12.1 Å². The number of hydrogen-bond donors (Lipinski definition) is 2. The van der Waals surface area contributed by atoms with Gasteiger partial charge in [0, 0.05) is 26.8 Å². The Morgan fingerprint density at radius 1 is 1.23 bits per heavy atom. The van der Waals surface area contributed by atoms with E-state index < -0.39 is 10.8 Å². The Morgan fingerprint density at radius 2 is 1.95 bits per heavy atom. The number of aromatic nitrogens is 2. The number of rotatable bonds is 3. The lowest BCUT2D eigenvalue weighted by Crippen LogP contribution is -2.12. The molecule has 1 heterocycles. The molecule has 22 heavy (non-hydrogen) atoms. The monoisotopic (exact) mass is 408 g/mol. The number of non-ortho nitro benzene ring substituents is 1. The maximum atomic E-state index is 12.3. The van der Waals surface area contributed by atoms with Crippen LogP contribution in [0.1, 0.15) is 10.5 Å². The van der Waals surface area contributed by atoms with Gasteiger partial charge in [0.25, 0.3) is 11.6 Å². The maximum Gasteiger partial charge on any atom is 0.276 e. The van der Waals surface area contributed by atoms with Crippen molar-refractivity contribution in [3.8, 4) is 0 Å². The van der Waals surface area contributed by atoms with Crippen LogP contribution in [0, 0.1) is 13.7 Å². The minimum atomic E-state index is -0.507. The normalized spacial score (nSPS) is 10.6. The zero-order chi connectivity index (χ0) is 15.7. The van der Waals surface area contributed by atoms with Gasteiger partial charge in [-0.2, -0.15) is 5.10 Å². The summed E-state index contributed by atoms with van der Waals surface area (Å²) in [7, 11) is 0. The molecule has 3 rings (SSSR count). The van der Waals surface area contributed by atoms with Crippen molar-refractivity contribution < 1.29 is 9.72 Å². The van der Waals surface area contributed by atoms with E-state index in [0.29, 0.717) is 16.6 Å². The molecule has 2 aromatic carbocycles. The number of anilines is 1. The van der Waals surface area contributed by atoms with Crippen LogP contribution in [0.4, 0.5) is 11.4 Å². The Labute approximate surface area is 138 Å². The third-order valence-corrected chi connectivity index (χ3v) is 3.79. The van der Waals surface area contributed by atoms with Crippen LogP contribution >= 0.6 is 22.6 Å². The summed E-state index contributed by atoms with van der Waals surface area (Å²) in [5.74, 6) is -0.423. The predicted octanol–water partition coefficient (Wildman–Crippen LogP) is 3.33. The molecular formula is C14H9IN4O3. The van der Waals surface area contributed by atoms with Crippen molar-refractivity contribution in [1.82, 2.24) is 10.2 Å². The third-order valence-electron chi connectivity index (χ3n) is 3.07. The van der Waals surface area contributed by atoms with Gasteiger partial charge in [-0.3, -0.25) is 20.0 Å². The molecule has 0 saturated carbocycles. The topological polar surface area (TPSA) is 101 Å². The third kappa shape index (κ3) is 2.77. The van der Waals surface area contributed by atoms with Crippen molar-refractivity contribution in [3.63, 3.8) is 0 Å². The van der Waals surface area contributed by atoms with E-state index in [1.165, 1.54) is 18.2 Å². The van der Waals surface area contributed by atoms with E-state index in [2.05, 4.69) is 38.1 Å². The molecule has 0 aliphatic heterocycles. The molecular weight excluding hydrogens is 399 g/mol. The number of amides is 1. The molecule has 0 bridgehead atoms. The molecule has 0 aliphatic carbocycles. The van der Waals surface area contributed by atoms with Gasteiger partial charge in [-0.25, -0.2) is 0 Å². The summed E-state index contributed by atoms with van der Waals surface area (Å²) < 4.78 is 1.05. The second-order valence-electron chi connectivity index (χ2n) is 4.52. The Balaban J connectivity index is 1.95. The number of fused-ring (bicyclic) bond motifs is 1. The summed E-state index contributed by atoms with van der Waals surface area (Å²) in [6, 6.07) is 11.5. The number of carbonyl (C=O) groups excluding carboxylic acids is 1. The van der Waals surface area contributed by atoms with E-state index in [1.807, 2.05) is 12.1 Å². The Hall–Kier alpha value is -2.49. The van der Waals surface area contributed by atoms with Gasteiger partial charge in [-0.05, 0) is 52.9 Å². The number of hydrogen-bond acceptors (Lipinski definition) is 4. The summed E-state index contributed by atoms with van der Waals surface area (Å²) in [4.78, 5) is 22.6. The van der Waals surface area contributed by atoms with Crippen LogP contribution in [0.15, 0.2) is 42.5 Å². The van der Waals surface area contributed by atoms with Crippen molar-refractivity contribution in [3.05, 3.63) is 61.8 Å². The highest BCUT2D eigenvalue weighted by Gasteiger charge is 2.17. The van der Waals surface area contributed by atoms with Crippen LogP contribution in [0.3, 0.4) is 0 Å². The lowest BCUT2D eigenvalue weighted by atomic mass is 10.2. The number of nitro groups is 1. The first kappa shape index (κ1) is 14.4. The molecule has 0 saturated heterocycles. The lowest BCUT2D eigenvalue weighted by Gasteiger charge is -2.03. The molecule has 1 aromatic heterocycles. The largest absolute Gasteiger partial charge is 0.321 e. The zero-order valence-electron chi connectivity index (χ0n) is 11.0. The van der Waals surface area contributed by atoms with Crippen LogP contribution in [0.5, 0.6) is 0 Å². The van der Waals surface area contributed by atoms with Gasteiger partial charge in [0.2, 0.25) is 0 Å². The standard InChI is InChI=1S/C14H9IN4O3/c15-8-1-3-9(4-2-8)16-14(20)13-11-7-10(19(21)22)5-6-12(11)17-18-13/h1-7H,(H,16,20)(H,17,18). The Bertz CT molecular complexity index is 873. The second kappa shape index (κ2) is 5.72. The summed E-state index contributed by atoms with van der Waals surface area (Å²) in [6.07, 6.45) is 0. The van der Waals surface area contributed by atoms with Gasteiger partial charge >= 0.3 is 0 Å². The zero-order valence-corrected chi connectivity index (χ0v) is 13.2. The molecule has 3 aromatic rings. The van der Waals surface area contributed by atoms with Crippen molar-refractivity contribution in [2.75, 3.05) is 5.32 Å². The number of aromatic amines is 1. The second-order valence-corrected chi connectivity index (χ2v) is 5.77. The predicted molar refractivity (Wildman–Crippen MR) is 89.9 cm³/mol. The SMILES string of the molecule is O=C(Nc1ccc(I)cc1)c1n[nH]c2ccc([N+](=O)[O-])cc12. The van der Waals surface area contributed by atoms with Crippen LogP contribution in [0.2, 0.25) is 0 Å². The summed E-state index contributed by atoms with van der Waals surface area (Å²) in [5.41, 5.74) is 1.24. The molecule has 1 amide bonds. The number of nitro benzene ring substituents is 1. The first-order valence-electron chi connectivity index (χ1n) is 6.24. The van der Waals surface area contributed by atoms with Crippen molar-refractivity contribution in [1.29, 1.82) is 0 Å². The van der Waals surface area contributed by atoms with Gasteiger partial charge < -0.3 is 5.32 Å². The smallest absolute Gasteiger partial charge is 0.276 e. The molecule has 110 valence electrons. The first-order valence-corrected chi connectivity index (χ1v) is 7.32.